The fraction of sp³-hybridized carbons (Fsp3) is 0.571. The van der Waals surface area contributed by atoms with Crippen molar-refractivity contribution in [2.24, 2.45) is 0 Å². The van der Waals surface area contributed by atoms with Gasteiger partial charge in [0.25, 0.3) is 0 Å². The lowest BCUT2D eigenvalue weighted by molar-refractivity contribution is 0.333. The third-order valence-electron chi connectivity index (χ3n) is 2.65. The Morgan fingerprint density at radius 3 is 2.61 bits per heavy atom. The molecule has 4 heteroatoms. The lowest BCUT2D eigenvalue weighted by Crippen LogP contribution is -2.15. The molecule has 0 saturated carbocycles. The van der Waals surface area contributed by atoms with Crippen molar-refractivity contribution < 1.29 is 4.74 Å². The summed E-state index contributed by atoms with van der Waals surface area (Å²) in [4.78, 5) is 0. The molecular weight excluding hydrogens is 358 g/mol. The van der Waals surface area contributed by atoms with Crippen molar-refractivity contribution in [3.8, 4) is 5.75 Å². The molecule has 0 aromatic heterocycles. The van der Waals surface area contributed by atoms with Gasteiger partial charge in [-0.25, -0.2) is 0 Å². The smallest absolute Gasteiger partial charge is 0.138 e. The first-order valence-corrected chi connectivity index (χ1v) is 8.09. The van der Waals surface area contributed by atoms with Crippen molar-refractivity contribution in [1.29, 1.82) is 0 Å². The summed E-state index contributed by atoms with van der Waals surface area (Å²) in [5.74, 6) is 0.948. The summed E-state index contributed by atoms with van der Waals surface area (Å²) in [5, 5.41) is 3.47. The van der Waals surface area contributed by atoms with Crippen LogP contribution in [0.25, 0.3) is 0 Å². The number of rotatable bonds is 8. The van der Waals surface area contributed by atoms with Gasteiger partial charge < -0.3 is 10.1 Å². The second-order valence-corrected chi connectivity index (χ2v) is 5.96. The first-order chi connectivity index (χ1) is 8.69. The van der Waals surface area contributed by atoms with Gasteiger partial charge in [0.2, 0.25) is 0 Å². The second kappa shape index (κ2) is 8.94. The van der Waals surface area contributed by atoms with Crippen LogP contribution in [-0.2, 0) is 6.54 Å². The molecule has 0 aliphatic rings. The molecule has 18 heavy (non-hydrogen) atoms. The normalized spacial score (nSPS) is 10.7. The standard InChI is InChI=1S/C14H21Br2NO/c1-3-5-6-7-17-10-11-8-12(15)9-13(16)14(11)18-4-2/h8-9,17H,3-7,10H2,1-2H3. The van der Waals surface area contributed by atoms with Crippen LogP contribution >= 0.6 is 31.9 Å². The highest BCUT2D eigenvalue weighted by atomic mass is 79.9. The van der Waals surface area contributed by atoms with E-state index in [0.717, 1.165) is 27.8 Å². The monoisotopic (exact) mass is 377 g/mol. The third kappa shape index (κ3) is 5.29. The van der Waals surface area contributed by atoms with E-state index in [2.05, 4.69) is 50.2 Å². The van der Waals surface area contributed by atoms with Crippen LogP contribution < -0.4 is 10.1 Å². The minimum Gasteiger partial charge on any atom is -0.492 e. The van der Waals surface area contributed by atoms with Gasteiger partial charge in [-0.2, -0.15) is 0 Å². The second-order valence-electron chi connectivity index (χ2n) is 4.19. The minimum absolute atomic E-state index is 0.684. The molecule has 0 bridgehead atoms. The Kier molecular flexibility index (Phi) is 7.95. The van der Waals surface area contributed by atoms with E-state index in [1.807, 2.05) is 13.0 Å². The van der Waals surface area contributed by atoms with Crippen molar-refractivity contribution >= 4 is 31.9 Å². The van der Waals surface area contributed by atoms with Crippen LogP contribution in [0.4, 0.5) is 0 Å². The van der Waals surface area contributed by atoms with Gasteiger partial charge >= 0.3 is 0 Å². The van der Waals surface area contributed by atoms with E-state index in [4.69, 9.17) is 4.74 Å². The molecule has 1 N–H and O–H groups in total. The highest BCUT2D eigenvalue weighted by Crippen LogP contribution is 2.32. The van der Waals surface area contributed by atoms with E-state index in [9.17, 15) is 0 Å². The third-order valence-corrected chi connectivity index (χ3v) is 3.69. The lowest BCUT2D eigenvalue weighted by Gasteiger charge is -2.13. The van der Waals surface area contributed by atoms with Crippen molar-refractivity contribution in [2.75, 3.05) is 13.2 Å². The zero-order chi connectivity index (χ0) is 13.4. The fourth-order valence-electron chi connectivity index (χ4n) is 1.77. The van der Waals surface area contributed by atoms with Crippen molar-refractivity contribution in [1.82, 2.24) is 5.32 Å². The van der Waals surface area contributed by atoms with Gasteiger partial charge in [0.05, 0.1) is 11.1 Å². The van der Waals surface area contributed by atoms with E-state index in [-0.39, 0.29) is 0 Å². The number of halogens is 2. The summed E-state index contributed by atoms with van der Waals surface area (Å²) in [6.45, 7) is 6.81. The molecule has 0 amide bonds. The van der Waals surface area contributed by atoms with Crippen LogP contribution in [0, 0.1) is 0 Å². The van der Waals surface area contributed by atoms with Gasteiger partial charge in [0, 0.05) is 16.6 Å². The van der Waals surface area contributed by atoms with E-state index < -0.39 is 0 Å². The van der Waals surface area contributed by atoms with E-state index >= 15 is 0 Å². The van der Waals surface area contributed by atoms with Crippen LogP contribution in [0.3, 0.4) is 0 Å². The molecule has 0 aliphatic heterocycles. The Morgan fingerprint density at radius 1 is 1.17 bits per heavy atom. The van der Waals surface area contributed by atoms with E-state index in [1.165, 1.54) is 24.8 Å². The van der Waals surface area contributed by atoms with Crippen LogP contribution in [0.2, 0.25) is 0 Å². The average Bonchev–Trinajstić information content (AvgIpc) is 2.33. The summed E-state index contributed by atoms with van der Waals surface area (Å²) in [6, 6.07) is 4.13. The molecular formula is C14H21Br2NO. The van der Waals surface area contributed by atoms with Gasteiger partial charge in [-0.15, -0.1) is 0 Å². The zero-order valence-electron chi connectivity index (χ0n) is 11.1. The van der Waals surface area contributed by atoms with Crippen LogP contribution in [0.15, 0.2) is 21.1 Å². The van der Waals surface area contributed by atoms with Gasteiger partial charge in [0.1, 0.15) is 5.75 Å². The molecule has 1 rings (SSSR count). The summed E-state index contributed by atoms with van der Waals surface area (Å²) >= 11 is 7.07. The Hall–Kier alpha value is -0.0600. The molecule has 0 fully saturated rings. The number of benzene rings is 1. The van der Waals surface area contributed by atoms with Gasteiger partial charge in [0.15, 0.2) is 0 Å². The molecule has 0 radical (unpaired) electrons. The molecule has 0 heterocycles. The summed E-state index contributed by atoms with van der Waals surface area (Å²) < 4.78 is 7.77. The van der Waals surface area contributed by atoms with Gasteiger partial charge in [-0.3, -0.25) is 0 Å². The number of unbranched alkanes of at least 4 members (excludes halogenated alkanes) is 2. The maximum Gasteiger partial charge on any atom is 0.138 e. The molecule has 0 unspecified atom stereocenters. The highest BCUT2D eigenvalue weighted by Gasteiger charge is 2.09. The maximum absolute atomic E-state index is 5.69. The predicted octanol–water partition coefficient (Wildman–Crippen LogP) is 4.89. The van der Waals surface area contributed by atoms with Gasteiger partial charge in [-0.05, 0) is 48.0 Å². The van der Waals surface area contributed by atoms with Crippen LogP contribution in [0.5, 0.6) is 5.75 Å². The number of hydrogen-bond donors (Lipinski definition) is 1. The Morgan fingerprint density at radius 2 is 1.94 bits per heavy atom. The Balaban J connectivity index is 2.62. The SMILES string of the molecule is CCCCCNCc1cc(Br)cc(Br)c1OCC. The summed E-state index contributed by atoms with van der Waals surface area (Å²) in [7, 11) is 0. The molecule has 1 aromatic rings. The number of ether oxygens (including phenoxy) is 1. The molecule has 0 saturated heterocycles. The van der Waals surface area contributed by atoms with Crippen LogP contribution in [-0.4, -0.2) is 13.2 Å². The molecule has 1 aromatic carbocycles. The maximum atomic E-state index is 5.69. The quantitative estimate of drug-likeness (QED) is 0.650. The van der Waals surface area contributed by atoms with Crippen molar-refractivity contribution in [3.63, 3.8) is 0 Å². The summed E-state index contributed by atoms with van der Waals surface area (Å²) in [6.07, 6.45) is 3.78. The number of hydrogen-bond acceptors (Lipinski definition) is 2. The topological polar surface area (TPSA) is 21.3 Å². The molecule has 0 atom stereocenters. The van der Waals surface area contributed by atoms with Crippen LogP contribution in [0.1, 0.15) is 38.7 Å². The van der Waals surface area contributed by atoms with Crippen molar-refractivity contribution in [2.45, 2.75) is 39.7 Å². The molecule has 0 aliphatic carbocycles. The van der Waals surface area contributed by atoms with E-state index in [1.54, 1.807) is 0 Å². The molecule has 102 valence electrons. The Bertz CT molecular complexity index is 369. The number of nitrogens with one attached hydrogen (secondary N) is 1. The first-order valence-electron chi connectivity index (χ1n) is 6.50. The Labute approximate surface area is 127 Å². The fourth-order valence-corrected chi connectivity index (χ4v) is 3.20. The first kappa shape index (κ1) is 16.0. The minimum atomic E-state index is 0.684. The zero-order valence-corrected chi connectivity index (χ0v) is 14.2. The van der Waals surface area contributed by atoms with E-state index in [0.29, 0.717) is 6.61 Å². The molecule has 2 nitrogen and oxygen atoms in total. The largest absolute Gasteiger partial charge is 0.492 e. The molecule has 0 spiro atoms. The average molecular weight is 379 g/mol. The summed E-state index contributed by atoms with van der Waals surface area (Å²) in [5.41, 5.74) is 1.19. The highest BCUT2D eigenvalue weighted by molar-refractivity contribution is 9.11. The van der Waals surface area contributed by atoms with Gasteiger partial charge in [-0.1, -0.05) is 35.7 Å². The lowest BCUT2D eigenvalue weighted by atomic mass is 10.2. The predicted molar refractivity (Wildman–Crippen MR) is 84.2 cm³/mol. The van der Waals surface area contributed by atoms with Crippen molar-refractivity contribution in [3.05, 3.63) is 26.6 Å².